The average Bonchev–Trinajstić information content (AvgIpc) is 3.49. The van der Waals surface area contributed by atoms with E-state index >= 15 is 0 Å². The molecule has 2 N–H and O–H groups in total. The van der Waals surface area contributed by atoms with Gasteiger partial charge in [-0.05, 0) is 29.8 Å². The topological polar surface area (TPSA) is 88.2 Å². The fraction of sp³-hybridized carbons (Fsp3) is 0.269. The van der Waals surface area contributed by atoms with Crippen LogP contribution in [0.4, 0.5) is 4.39 Å². The lowest BCUT2D eigenvalue weighted by Gasteiger charge is -2.27. The van der Waals surface area contributed by atoms with Gasteiger partial charge in [0.2, 0.25) is 0 Å². The van der Waals surface area contributed by atoms with Crippen molar-refractivity contribution < 1.29 is 14.3 Å². The Morgan fingerprint density at radius 1 is 1.09 bits per heavy atom. The van der Waals surface area contributed by atoms with E-state index in [0.717, 1.165) is 41.0 Å². The molecule has 5 rings (SSSR count). The highest BCUT2D eigenvalue weighted by Gasteiger charge is 2.28. The second-order valence-corrected chi connectivity index (χ2v) is 8.62. The van der Waals surface area contributed by atoms with E-state index in [-0.39, 0.29) is 18.3 Å². The van der Waals surface area contributed by atoms with E-state index in [9.17, 15) is 14.3 Å². The number of hydrogen-bond donors (Lipinski definition) is 2. The molecular formula is C26H27FN6O2. The molecule has 0 bridgehead atoms. The van der Waals surface area contributed by atoms with Crippen molar-refractivity contribution in [1.82, 2.24) is 29.8 Å². The summed E-state index contributed by atoms with van der Waals surface area (Å²) >= 11 is 0. The molecule has 1 aliphatic rings. The minimum absolute atomic E-state index is 0.0362. The predicted molar refractivity (Wildman–Crippen MR) is 128 cm³/mol. The van der Waals surface area contributed by atoms with Crippen LogP contribution in [0.5, 0.6) is 0 Å². The van der Waals surface area contributed by atoms with Crippen LogP contribution in [0.2, 0.25) is 0 Å². The van der Waals surface area contributed by atoms with Gasteiger partial charge in [0.1, 0.15) is 5.82 Å². The number of nitrogens with one attached hydrogen (secondary N) is 1. The molecule has 9 heteroatoms. The molecule has 0 fully saturated rings. The van der Waals surface area contributed by atoms with Crippen molar-refractivity contribution in [2.75, 3.05) is 13.2 Å². The Morgan fingerprint density at radius 2 is 1.89 bits per heavy atom. The van der Waals surface area contributed by atoms with Gasteiger partial charge in [-0.1, -0.05) is 30.3 Å². The fourth-order valence-electron chi connectivity index (χ4n) is 4.44. The maximum atomic E-state index is 13.2. The highest BCUT2D eigenvalue weighted by molar-refractivity contribution is 5.94. The van der Waals surface area contributed by atoms with Crippen LogP contribution < -0.4 is 5.32 Å². The van der Waals surface area contributed by atoms with Gasteiger partial charge in [0.05, 0.1) is 25.0 Å². The van der Waals surface area contributed by atoms with Crippen molar-refractivity contribution in [2.24, 2.45) is 0 Å². The number of benzene rings is 2. The zero-order valence-electron chi connectivity index (χ0n) is 19.3. The summed E-state index contributed by atoms with van der Waals surface area (Å²) in [6.07, 6.45) is 4.48. The van der Waals surface area contributed by atoms with Gasteiger partial charge in [-0.25, -0.2) is 9.07 Å². The lowest BCUT2D eigenvalue weighted by Crippen LogP contribution is -2.32. The van der Waals surface area contributed by atoms with Crippen LogP contribution in [0.3, 0.4) is 0 Å². The smallest absolute Gasteiger partial charge is 0.272 e. The second kappa shape index (κ2) is 10.2. The average molecular weight is 475 g/mol. The molecule has 4 aromatic rings. The van der Waals surface area contributed by atoms with E-state index in [1.165, 1.54) is 12.1 Å². The zero-order chi connectivity index (χ0) is 24.2. The number of aliphatic hydroxyl groups is 1. The summed E-state index contributed by atoms with van der Waals surface area (Å²) in [5.74, 6) is -0.497. The first-order chi connectivity index (χ1) is 17.1. The van der Waals surface area contributed by atoms with Crippen molar-refractivity contribution in [1.29, 1.82) is 0 Å². The minimum Gasteiger partial charge on any atom is -0.394 e. The van der Waals surface area contributed by atoms with Gasteiger partial charge in [-0.15, -0.1) is 0 Å². The molecule has 35 heavy (non-hydrogen) atoms. The first-order valence-corrected chi connectivity index (χ1v) is 11.6. The predicted octanol–water partition coefficient (Wildman–Crippen LogP) is 2.69. The van der Waals surface area contributed by atoms with Crippen molar-refractivity contribution in [3.05, 3.63) is 101 Å². The second-order valence-electron chi connectivity index (χ2n) is 8.62. The molecule has 1 amide bonds. The Bertz CT molecular complexity index is 1300. The molecule has 0 saturated heterocycles. The minimum atomic E-state index is -0.282. The molecule has 2 aromatic carbocycles. The van der Waals surface area contributed by atoms with Crippen molar-refractivity contribution in [2.45, 2.75) is 32.6 Å². The number of carbonyl (C=O) groups excluding carboxylic acids is 1. The molecule has 2 aromatic heterocycles. The summed E-state index contributed by atoms with van der Waals surface area (Å²) in [4.78, 5) is 15.3. The number of fused-ring (bicyclic) bond motifs is 1. The van der Waals surface area contributed by atoms with E-state index in [4.69, 9.17) is 0 Å². The van der Waals surface area contributed by atoms with Crippen LogP contribution in [0.25, 0.3) is 5.69 Å². The van der Waals surface area contributed by atoms with Gasteiger partial charge in [-0.3, -0.25) is 14.4 Å². The normalized spacial score (nSPS) is 13.5. The molecule has 1 aliphatic heterocycles. The zero-order valence-corrected chi connectivity index (χ0v) is 19.3. The fourth-order valence-corrected chi connectivity index (χ4v) is 4.44. The van der Waals surface area contributed by atoms with Crippen LogP contribution in [0.1, 0.15) is 32.9 Å². The van der Waals surface area contributed by atoms with Crippen LogP contribution >= 0.6 is 0 Å². The summed E-state index contributed by atoms with van der Waals surface area (Å²) in [5.41, 5.74) is 5.15. The summed E-state index contributed by atoms with van der Waals surface area (Å²) in [5, 5.41) is 21.4. The monoisotopic (exact) mass is 474 g/mol. The maximum absolute atomic E-state index is 13.2. The Hall–Kier alpha value is -3.82. The molecule has 0 spiro atoms. The van der Waals surface area contributed by atoms with Crippen molar-refractivity contribution in [3.63, 3.8) is 0 Å². The molecular weight excluding hydrogens is 447 g/mol. The van der Waals surface area contributed by atoms with Crippen molar-refractivity contribution >= 4 is 5.91 Å². The number of halogens is 1. The molecule has 0 unspecified atom stereocenters. The highest BCUT2D eigenvalue weighted by atomic mass is 19.1. The van der Waals surface area contributed by atoms with E-state index in [1.54, 1.807) is 21.5 Å². The van der Waals surface area contributed by atoms with Gasteiger partial charge in [0.15, 0.2) is 5.69 Å². The lowest BCUT2D eigenvalue weighted by atomic mass is 10.0. The number of amides is 1. The number of aromatic nitrogens is 4. The Morgan fingerprint density at radius 3 is 2.66 bits per heavy atom. The summed E-state index contributed by atoms with van der Waals surface area (Å²) in [7, 11) is 0. The number of nitrogens with zero attached hydrogens (tertiary/aromatic N) is 5. The van der Waals surface area contributed by atoms with E-state index in [1.807, 2.05) is 42.7 Å². The molecule has 0 aliphatic carbocycles. The van der Waals surface area contributed by atoms with E-state index in [2.05, 4.69) is 20.4 Å². The van der Waals surface area contributed by atoms with E-state index < -0.39 is 0 Å². The Kier molecular flexibility index (Phi) is 6.69. The van der Waals surface area contributed by atoms with Crippen LogP contribution in [-0.4, -0.2) is 48.6 Å². The van der Waals surface area contributed by atoms with Crippen LogP contribution in [-0.2, 0) is 32.6 Å². The van der Waals surface area contributed by atoms with Crippen LogP contribution in [0, 0.1) is 5.82 Å². The van der Waals surface area contributed by atoms with Gasteiger partial charge in [-0.2, -0.15) is 10.2 Å². The summed E-state index contributed by atoms with van der Waals surface area (Å²) in [6.45, 7) is 2.79. The van der Waals surface area contributed by atoms with E-state index in [0.29, 0.717) is 31.9 Å². The third kappa shape index (κ3) is 5.16. The summed E-state index contributed by atoms with van der Waals surface area (Å²) in [6, 6.07) is 16.0. The third-order valence-electron chi connectivity index (χ3n) is 6.17. The maximum Gasteiger partial charge on any atom is 0.272 e. The van der Waals surface area contributed by atoms with Crippen LogP contribution in [0.15, 0.2) is 67.0 Å². The molecule has 0 radical (unpaired) electrons. The number of carbonyl (C=O) groups is 1. The largest absolute Gasteiger partial charge is 0.394 e. The van der Waals surface area contributed by atoms with Gasteiger partial charge in [0.25, 0.3) is 5.91 Å². The highest BCUT2D eigenvalue weighted by Crippen LogP contribution is 2.24. The quantitative estimate of drug-likeness (QED) is 0.410. The van der Waals surface area contributed by atoms with Gasteiger partial charge >= 0.3 is 0 Å². The Balaban J connectivity index is 1.31. The first-order valence-electron chi connectivity index (χ1n) is 11.6. The van der Waals surface area contributed by atoms with Gasteiger partial charge < -0.3 is 10.4 Å². The molecule has 180 valence electrons. The molecule has 0 atom stereocenters. The molecule has 8 nitrogen and oxygen atoms in total. The SMILES string of the molecule is O=C(NCc1ccccc1)c1nn(CCO)c2c1CN(Cc1cnn(-c3ccc(F)cc3)c1)CC2. The Labute approximate surface area is 202 Å². The first kappa shape index (κ1) is 22.9. The number of aliphatic hydroxyl groups excluding tert-OH is 1. The lowest BCUT2D eigenvalue weighted by molar-refractivity contribution is 0.0942. The third-order valence-corrected chi connectivity index (χ3v) is 6.17. The number of hydrogen-bond acceptors (Lipinski definition) is 5. The standard InChI is InChI=1S/C26H27FN6O2/c27-21-6-8-22(9-7-21)33-17-20(15-29-33)16-31-11-10-24-23(18-31)25(30-32(24)12-13-34)26(35)28-14-19-4-2-1-3-5-19/h1-9,15,17,34H,10-14,16,18H2,(H,28,35). The summed E-state index contributed by atoms with van der Waals surface area (Å²) < 4.78 is 16.7. The van der Waals surface area contributed by atoms with Crippen molar-refractivity contribution in [3.8, 4) is 5.69 Å². The molecule has 3 heterocycles. The van der Waals surface area contributed by atoms with Gasteiger partial charge in [0, 0.05) is 55.6 Å². The number of rotatable bonds is 8. The molecule has 0 saturated carbocycles.